The Hall–Kier alpha value is -1.40. The van der Waals surface area contributed by atoms with Crippen molar-refractivity contribution in [2.75, 3.05) is 13.7 Å². The van der Waals surface area contributed by atoms with E-state index in [2.05, 4.69) is 4.74 Å². The molecular formula is C10H14F2N2O2. The molecule has 1 unspecified atom stereocenters. The van der Waals surface area contributed by atoms with E-state index < -0.39 is 12.7 Å². The van der Waals surface area contributed by atoms with E-state index in [1.165, 1.54) is 19.2 Å². The molecule has 1 rings (SSSR count). The van der Waals surface area contributed by atoms with Crippen LogP contribution in [0.1, 0.15) is 11.6 Å². The Kier molecular flexibility index (Phi) is 4.45. The molecule has 90 valence electrons. The first kappa shape index (κ1) is 12.7. The van der Waals surface area contributed by atoms with Gasteiger partial charge in [-0.25, -0.2) is 0 Å². The first-order valence-electron chi connectivity index (χ1n) is 4.67. The molecule has 1 aromatic rings. The van der Waals surface area contributed by atoms with Crippen LogP contribution in [-0.2, 0) is 0 Å². The van der Waals surface area contributed by atoms with E-state index >= 15 is 0 Å². The third-order valence-corrected chi connectivity index (χ3v) is 2.09. The monoisotopic (exact) mass is 232 g/mol. The Morgan fingerprint density at radius 2 is 2.00 bits per heavy atom. The molecule has 0 fully saturated rings. The molecule has 6 heteroatoms. The van der Waals surface area contributed by atoms with Crippen LogP contribution < -0.4 is 20.9 Å². The van der Waals surface area contributed by atoms with Gasteiger partial charge in [0.05, 0.1) is 7.11 Å². The summed E-state index contributed by atoms with van der Waals surface area (Å²) in [5.41, 5.74) is 11.7. The summed E-state index contributed by atoms with van der Waals surface area (Å²) in [6.45, 7) is -2.68. The second-order valence-corrected chi connectivity index (χ2v) is 3.13. The second kappa shape index (κ2) is 5.62. The number of hydrogen-bond acceptors (Lipinski definition) is 4. The van der Waals surface area contributed by atoms with Crippen LogP contribution in [0.3, 0.4) is 0 Å². The highest BCUT2D eigenvalue weighted by Crippen LogP contribution is 2.30. The van der Waals surface area contributed by atoms with Gasteiger partial charge >= 0.3 is 6.61 Å². The van der Waals surface area contributed by atoms with Gasteiger partial charge in [-0.1, -0.05) is 6.07 Å². The van der Waals surface area contributed by atoms with Crippen molar-refractivity contribution in [1.82, 2.24) is 0 Å². The third kappa shape index (κ3) is 3.04. The normalized spacial score (nSPS) is 12.6. The summed E-state index contributed by atoms with van der Waals surface area (Å²) in [7, 11) is 1.37. The summed E-state index contributed by atoms with van der Waals surface area (Å²) in [6.07, 6.45) is 0. The van der Waals surface area contributed by atoms with Crippen LogP contribution in [0.25, 0.3) is 0 Å². The lowest BCUT2D eigenvalue weighted by Gasteiger charge is -2.14. The van der Waals surface area contributed by atoms with Gasteiger partial charge in [-0.15, -0.1) is 0 Å². The average Bonchev–Trinajstić information content (AvgIpc) is 2.27. The van der Waals surface area contributed by atoms with Gasteiger partial charge in [-0.3, -0.25) is 0 Å². The topological polar surface area (TPSA) is 70.5 Å². The molecular weight excluding hydrogens is 218 g/mol. The van der Waals surface area contributed by atoms with Crippen LogP contribution in [-0.4, -0.2) is 20.3 Å². The zero-order chi connectivity index (χ0) is 12.1. The summed E-state index contributed by atoms with van der Waals surface area (Å²) < 4.78 is 33.4. The van der Waals surface area contributed by atoms with Crippen molar-refractivity contribution in [3.05, 3.63) is 23.8 Å². The summed E-state index contributed by atoms with van der Waals surface area (Å²) in [6, 6.07) is 4.17. The number of rotatable bonds is 5. The Bertz CT molecular complexity index is 348. The van der Waals surface area contributed by atoms with Gasteiger partial charge in [-0.2, -0.15) is 8.78 Å². The van der Waals surface area contributed by atoms with Crippen molar-refractivity contribution >= 4 is 0 Å². The fourth-order valence-electron chi connectivity index (χ4n) is 1.25. The molecule has 0 amide bonds. The number of hydrogen-bond donors (Lipinski definition) is 2. The maximum Gasteiger partial charge on any atom is 0.387 e. The lowest BCUT2D eigenvalue weighted by atomic mass is 10.1. The van der Waals surface area contributed by atoms with Crippen LogP contribution in [0.15, 0.2) is 18.2 Å². The summed E-state index contributed by atoms with van der Waals surface area (Å²) in [4.78, 5) is 0. The predicted molar refractivity (Wildman–Crippen MR) is 55.6 cm³/mol. The predicted octanol–water partition coefficient (Wildman–Crippen LogP) is 1.26. The van der Waals surface area contributed by atoms with Crippen LogP contribution in [0, 0.1) is 0 Å². The smallest absolute Gasteiger partial charge is 0.387 e. The van der Waals surface area contributed by atoms with E-state index in [0.29, 0.717) is 5.56 Å². The van der Waals surface area contributed by atoms with Gasteiger partial charge in [0.15, 0.2) is 11.5 Å². The first-order chi connectivity index (χ1) is 7.58. The van der Waals surface area contributed by atoms with Crippen LogP contribution in [0.2, 0.25) is 0 Å². The van der Waals surface area contributed by atoms with Crippen LogP contribution in [0.4, 0.5) is 8.78 Å². The van der Waals surface area contributed by atoms with Gasteiger partial charge in [0.1, 0.15) is 0 Å². The Labute approximate surface area is 92.1 Å². The quantitative estimate of drug-likeness (QED) is 0.801. The minimum absolute atomic E-state index is 0.0427. The molecule has 16 heavy (non-hydrogen) atoms. The number of ether oxygens (including phenoxy) is 2. The number of nitrogens with two attached hydrogens (primary N) is 2. The van der Waals surface area contributed by atoms with E-state index in [-0.39, 0.29) is 18.0 Å². The van der Waals surface area contributed by atoms with Crippen molar-refractivity contribution in [3.8, 4) is 11.5 Å². The number of alkyl halides is 2. The first-order valence-corrected chi connectivity index (χ1v) is 4.67. The fourth-order valence-corrected chi connectivity index (χ4v) is 1.25. The molecule has 0 saturated carbocycles. The zero-order valence-corrected chi connectivity index (χ0v) is 8.82. The maximum atomic E-state index is 12.1. The maximum absolute atomic E-state index is 12.1. The average molecular weight is 232 g/mol. The van der Waals surface area contributed by atoms with Gasteiger partial charge in [-0.05, 0) is 17.7 Å². The largest absolute Gasteiger partial charge is 0.493 e. The molecule has 0 spiro atoms. The number of halogens is 2. The lowest BCUT2D eigenvalue weighted by Crippen LogP contribution is -2.20. The van der Waals surface area contributed by atoms with Crippen molar-refractivity contribution < 1.29 is 18.3 Å². The van der Waals surface area contributed by atoms with E-state index in [4.69, 9.17) is 16.2 Å². The van der Waals surface area contributed by atoms with Gasteiger partial charge < -0.3 is 20.9 Å². The molecule has 0 radical (unpaired) electrons. The molecule has 0 aliphatic heterocycles. The molecule has 1 aromatic carbocycles. The van der Waals surface area contributed by atoms with E-state index in [0.717, 1.165) is 0 Å². The molecule has 0 saturated heterocycles. The molecule has 0 aliphatic rings. The van der Waals surface area contributed by atoms with Crippen molar-refractivity contribution in [1.29, 1.82) is 0 Å². The zero-order valence-electron chi connectivity index (χ0n) is 8.82. The van der Waals surface area contributed by atoms with Crippen molar-refractivity contribution in [2.24, 2.45) is 11.5 Å². The summed E-state index contributed by atoms with van der Waals surface area (Å²) in [5.74, 6) is 0.187. The third-order valence-electron chi connectivity index (χ3n) is 2.09. The van der Waals surface area contributed by atoms with E-state index in [1.54, 1.807) is 6.07 Å². The SMILES string of the molecule is COc1ccc(C(N)CN)cc1OC(F)F. The second-order valence-electron chi connectivity index (χ2n) is 3.13. The standard InChI is InChI=1S/C10H14F2N2O2/c1-15-8-3-2-6(7(14)5-13)4-9(8)16-10(11)12/h2-4,7,10H,5,13-14H2,1H3. The molecule has 0 bridgehead atoms. The molecule has 0 heterocycles. The number of benzene rings is 1. The highest BCUT2D eigenvalue weighted by atomic mass is 19.3. The Morgan fingerprint density at radius 3 is 2.50 bits per heavy atom. The van der Waals surface area contributed by atoms with Crippen molar-refractivity contribution in [3.63, 3.8) is 0 Å². The molecule has 4 N–H and O–H groups in total. The number of methoxy groups -OCH3 is 1. The molecule has 4 nitrogen and oxygen atoms in total. The minimum Gasteiger partial charge on any atom is -0.493 e. The summed E-state index contributed by atoms with van der Waals surface area (Å²) in [5, 5.41) is 0. The van der Waals surface area contributed by atoms with Gasteiger partial charge in [0.2, 0.25) is 0 Å². The minimum atomic E-state index is -2.90. The van der Waals surface area contributed by atoms with Gasteiger partial charge in [0, 0.05) is 12.6 Å². The van der Waals surface area contributed by atoms with E-state index in [1.807, 2.05) is 0 Å². The van der Waals surface area contributed by atoms with Crippen LogP contribution >= 0.6 is 0 Å². The Morgan fingerprint density at radius 1 is 1.31 bits per heavy atom. The molecule has 0 aromatic heterocycles. The fraction of sp³-hybridized carbons (Fsp3) is 0.400. The Balaban J connectivity index is 3.00. The highest BCUT2D eigenvalue weighted by Gasteiger charge is 2.13. The summed E-state index contributed by atoms with van der Waals surface area (Å²) >= 11 is 0. The molecule has 0 aliphatic carbocycles. The lowest BCUT2D eigenvalue weighted by molar-refractivity contribution is -0.0512. The van der Waals surface area contributed by atoms with Gasteiger partial charge in [0.25, 0.3) is 0 Å². The van der Waals surface area contributed by atoms with Crippen LogP contribution in [0.5, 0.6) is 11.5 Å². The van der Waals surface area contributed by atoms with Crippen molar-refractivity contribution in [2.45, 2.75) is 12.7 Å². The molecule has 1 atom stereocenters. The van der Waals surface area contributed by atoms with E-state index in [9.17, 15) is 8.78 Å². The highest BCUT2D eigenvalue weighted by molar-refractivity contribution is 5.43.